The lowest BCUT2D eigenvalue weighted by Gasteiger charge is -2.53. The van der Waals surface area contributed by atoms with Crippen molar-refractivity contribution in [2.24, 2.45) is 5.92 Å². The Morgan fingerprint density at radius 3 is 2.71 bits per heavy atom. The van der Waals surface area contributed by atoms with Gasteiger partial charge in [-0.15, -0.1) is 0 Å². The van der Waals surface area contributed by atoms with Crippen molar-refractivity contribution in [1.82, 2.24) is 5.32 Å². The summed E-state index contributed by atoms with van der Waals surface area (Å²) in [5, 5.41) is 4.55. The highest BCUT2D eigenvalue weighted by molar-refractivity contribution is 6.31. The minimum absolute atomic E-state index is 0.223. The molecule has 2 bridgehead atoms. The van der Waals surface area contributed by atoms with Gasteiger partial charge in [0, 0.05) is 10.6 Å². The summed E-state index contributed by atoms with van der Waals surface area (Å²) in [5.74, 6) is 0.938. The maximum atomic E-state index is 6.23. The zero-order chi connectivity index (χ0) is 9.60. The maximum Gasteiger partial charge on any atom is 0.0456 e. The van der Waals surface area contributed by atoms with E-state index < -0.39 is 0 Å². The Bertz CT molecular complexity index is 350. The highest BCUT2D eigenvalue weighted by Gasteiger charge is 2.48. The van der Waals surface area contributed by atoms with E-state index in [4.69, 9.17) is 11.6 Å². The molecule has 1 aromatic carbocycles. The molecule has 4 rings (SSSR count). The summed E-state index contributed by atoms with van der Waals surface area (Å²) in [6, 6.07) is 8.24. The Labute approximate surface area is 89.5 Å². The number of rotatable bonds is 1. The summed E-state index contributed by atoms with van der Waals surface area (Å²) < 4.78 is 0. The van der Waals surface area contributed by atoms with Gasteiger partial charge in [0.2, 0.25) is 0 Å². The van der Waals surface area contributed by atoms with Crippen LogP contribution in [0.1, 0.15) is 24.8 Å². The highest BCUT2D eigenvalue weighted by atomic mass is 35.5. The molecule has 1 nitrogen and oxygen atoms in total. The van der Waals surface area contributed by atoms with Crippen molar-refractivity contribution in [2.45, 2.75) is 24.8 Å². The van der Waals surface area contributed by atoms with E-state index in [2.05, 4.69) is 17.4 Å². The van der Waals surface area contributed by atoms with Gasteiger partial charge in [0.1, 0.15) is 0 Å². The molecular formula is C12H14ClN. The lowest BCUT2D eigenvalue weighted by Crippen LogP contribution is -2.58. The summed E-state index contributed by atoms with van der Waals surface area (Å²) in [4.78, 5) is 0. The van der Waals surface area contributed by atoms with Gasteiger partial charge < -0.3 is 5.32 Å². The SMILES string of the molecule is Clc1ccccc1C12CC(CCN1)C2. The molecule has 0 unspecified atom stereocenters. The van der Waals surface area contributed by atoms with E-state index in [9.17, 15) is 0 Å². The lowest BCUT2D eigenvalue weighted by molar-refractivity contribution is 0.0503. The number of piperidine rings is 2. The van der Waals surface area contributed by atoms with Gasteiger partial charge in [-0.2, -0.15) is 0 Å². The molecule has 1 aliphatic carbocycles. The smallest absolute Gasteiger partial charge is 0.0456 e. The molecule has 3 aliphatic rings. The normalized spacial score (nSPS) is 35.1. The number of nitrogens with one attached hydrogen (secondary N) is 1. The van der Waals surface area contributed by atoms with Crippen molar-refractivity contribution in [3.05, 3.63) is 34.9 Å². The number of hydrogen-bond donors (Lipinski definition) is 1. The summed E-state index contributed by atoms with van der Waals surface area (Å²) in [6.07, 6.45) is 3.89. The summed E-state index contributed by atoms with van der Waals surface area (Å²) in [6.45, 7) is 1.15. The monoisotopic (exact) mass is 207 g/mol. The molecule has 0 spiro atoms. The van der Waals surface area contributed by atoms with Gasteiger partial charge in [-0.3, -0.25) is 0 Å². The Kier molecular flexibility index (Phi) is 1.86. The predicted molar refractivity (Wildman–Crippen MR) is 58.5 cm³/mol. The molecule has 0 amide bonds. The number of benzene rings is 1. The third-order valence-corrected chi connectivity index (χ3v) is 4.01. The van der Waals surface area contributed by atoms with Gasteiger partial charge >= 0.3 is 0 Å². The van der Waals surface area contributed by atoms with E-state index in [1.807, 2.05) is 12.1 Å². The van der Waals surface area contributed by atoms with Gasteiger partial charge in [0.05, 0.1) is 0 Å². The van der Waals surface area contributed by atoms with Crippen LogP contribution in [-0.2, 0) is 5.54 Å². The van der Waals surface area contributed by atoms with Crippen LogP contribution in [0.4, 0.5) is 0 Å². The standard InChI is InChI=1S/C12H14ClN/c13-11-4-2-1-3-10(11)12-7-9(8-12)5-6-14-12/h1-4,9,14H,5-8H2. The lowest BCUT2D eigenvalue weighted by atomic mass is 9.61. The van der Waals surface area contributed by atoms with E-state index in [-0.39, 0.29) is 5.54 Å². The van der Waals surface area contributed by atoms with Crippen LogP contribution in [0.5, 0.6) is 0 Å². The first-order chi connectivity index (χ1) is 6.80. The Balaban J connectivity index is 1.99. The van der Waals surface area contributed by atoms with Crippen molar-refractivity contribution in [3.8, 4) is 0 Å². The molecule has 0 aromatic heterocycles. The van der Waals surface area contributed by atoms with Crippen molar-refractivity contribution < 1.29 is 0 Å². The highest BCUT2D eigenvalue weighted by Crippen LogP contribution is 2.51. The predicted octanol–water partition coefficient (Wildman–Crippen LogP) is 2.94. The first-order valence-electron chi connectivity index (χ1n) is 5.30. The van der Waals surface area contributed by atoms with Crippen molar-refractivity contribution in [3.63, 3.8) is 0 Å². The fraction of sp³-hybridized carbons (Fsp3) is 0.500. The van der Waals surface area contributed by atoms with Crippen LogP contribution in [0.2, 0.25) is 5.02 Å². The van der Waals surface area contributed by atoms with Gasteiger partial charge in [-0.25, -0.2) is 0 Å². The summed E-state index contributed by atoms with van der Waals surface area (Å²) >= 11 is 6.23. The molecule has 2 heterocycles. The number of hydrogen-bond acceptors (Lipinski definition) is 1. The van der Waals surface area contributed by atoms with Crippen LogP contribution in [0.3, 0.4) is 0 Å². The van der Waals surface area contributed by atoms with Crippen LogP contribution in [0.15, 0.2) is 24.3 Å². The molecule has 0 atom stereocenters. The van der Waals surface area contributed by atoms with Gasteiger partial charge in [0.15, 0.2) is 0 Å². The van der Waals surface area contributed by atoms with Crippen molar-refractivity contribution in [2.75, 3.05) is 6.54 Å². The third-order valence-electron chi connectivity index (χ3n) is 3.68. The molecule has 1 aromatic rings. The van der Waals surface area contributed by atoms with Crippen LogP contribution in [-0.4, -0.2) is 6.54 Å². The van der Waals surface area contributed by atoms with Crippen LogP contribution >= 0.6 is 11.6 Å². The zero-order valence-electron chi connectivity index (χ0n) is 8.09. The molecule has 74 valence electrons. The first-order valence-corrected chi connectivity index (χ1v) is 5.68. The molecule has 14 heavy (non-hydrogen) atoms. The van der Waals surface area contributed by atoms with E-state index >= 15 is 0 Å². The molecule has 1 N–H and O–H groups in total. The second kappa shape index (κ2) is 2.98. The van der Waals surface area contributed by atoms with E-state index in [1.165, 1.54) is 24.8 Å². The molecule has 3 fully saturated rings. The number of fused-ring (bicyclic) bond motifs is 2. The Morgan fingerprint density at radius 2 is 2.07 bits per heavy atom. The Morgan fingerprint density at radius 1 is 1.29 bits per heavy atom. The van der Waals surface area contributed by atoms with Crippen LogP contribution in [0.25, 0.3) is 0 Å². The first kappa shape index (κ1) is 8.75. The quantitative estimate of drug-likeness (QED) is 0.747. The third kappa shape index (κ3) is 1.12. The van der Waals surface area contributed by atoms with Gasteiger partial charge in [-0.1, -0.05) is 29.8 Å². The van der Waals surface area contributed by atoms with E-state index in [0.717, 1.165) is 17.5 Å². The molecule has 2 aliphatic heterocycles. The van der Waals surface area contributed by atoms with Crippen molar-refractivity contribution in [1.29, 1.82) is 0 Å². The molecule has 2 heteroatoms. The van der Waals surface area contributed by atoms with Crippen molar-refractivity contribution >= 4 is 11.6 Å². The van der Waals surface area contributed by atoms with Gasteiger partial charge in [-0.05, 0) is 43.4 Å². The molecular weight excluding hydrogens is 194 g/mol. The molecule has 1 saturated carbocycles. The minimum Gasteiger partial charge on any atom is -0.307 e. The molecule has 2 saturated heterocycles. The summed E-state index contributed by atoms with van der Waals surface area (Å²) in [5.41, 5.74) is 1.53. The second-order valence-electron chi connectivity index (χ2n) is 4.55. The van der Waals surface area contributed by atoms with E-state index in [0.29, 0.717) is 0 Å². The fourth-order valence-electron chi connectivity index (χ4n) is 2.95. The second-order valence-corrected chi connectivity index (χ2v) is 4.96. The van der Waals surface area contributed by atoms with E-state index in [1.54, 1.807) is 0 Å². The average molecular weight is 208 g/mol. The topological polar surface area (TPSA) is 12.0 Å². The molecule has 0 radical (unpaired) electrons. The summed E-state index contributed by atoms with van der Waals surface area (Å²) in [7, 11) is 0. The maximum absolute atomic E-state index is 6.23. The fourth-order valence-corrected chi connectivity index (χ4v) is 3.27. The van der Waals surface area contributed by atoms with Gasteiger partial charge in [0.25, 0.3) is 0 Å². The van der Waals surface area contributed by atoms with Crippen LogP contribution in [0, 0.1) is 5.92 Å². The van der Waals surface area contributed by atoms with Crippen LogP contribution < -0.4 is 5.32 Å². The minimum atomic E-state index is 0.223. The average Bonchev–Trinajstić information content (AvgIpc) is 2.18. The largest absolute Gasteiger partial charge is 0.307 e. The Hall–Kier alpha value is -0.530. The number of halogens is 1. The zero-order valence-corrected chi connectivity index (χ0v) is 8.85.